The fourth-order valence-electron chi connectivity index (χ4n) is 2.70. The number of hydrogen-bond acceptors (Lipinski definition) is 6. The second-order valence-electron chi connectivity index (χ2n) is 5.78. The Morgan fingerprint density at radius 1 is 1.35 bits per heavy atom. The number of rotatable bonds is 3. The Bertz CT molecular complexity index is 994. The van der Waals surface area contributed by atoms with Gasteiger partial charge in [-0.3, -0.25) is 14.9 Å². The number of likely N-dealkylation sites (N-methyl/N-ethyl adjacent to an activating group) is 1. The molecule has 0 unspecified atom stereocenters. The molecular weight excluding hydrogens is 354 g/mol. The van der Waals surface area contributed by atoms with Crippen molar-refractivity contribution in [2.75, 3.05) is 23.9 Å². The lowest BCUT2D eigenvalue weighted by Crippen LogP contribution is -2.35. The predicted octanol–water partition coefficient (Wildman–Crippen LogP) is 3.32. The van der Waals surface area contributed by atoms with E-state index in [0.29, 0.717) is 16.6 Å². The molecule has 1 aliphatic heterocycles. The summed E-state index contributed by atoms with van der Waals surface area (Å²) in [7, 11) is 1.72. The minimum absolute atomic E-state index is 0.0432. The molecule has 7 nitrogen and oxygen atoms in total. The van der Waals surface area contributed by atoms with E-state index in [-0.39, 0.29) is 24.2 Å². The van der Waals surface area contributed by atoms with Crippen molar-refractivity contribution in [2.45, 2.75) is 6.92 Å². The molecule has 0 bridgehead atoms. The zero-order valence-electron chi connectivity index (χ0n) is 14.1. The van der Waals surface area contributed by atoms with Crippen LogP contribution in [0.2, 0.25) is 0 Å². The van der Waals surface area contributed by atoms with E-state index in [1.165, 1.54) is 17.6 Å². The fraction of sp³-hybridized carbons (Fsp3) is 0.167. The first-order valence-corrected chi connectivity index (χ1v) is 8.70. The van der Waals surface area contributed by atoms with Crippen LogP contribution in [0.15, 0.2) is 41.0 Å². The van der Waals surface area contributed by atoms with E-state index in [0.717, 1.165) is 16.1 Å². The number of nitrogens with zero attached hydrogens (tertiary/aromatic N) is 2. The maximum Gasteiger partial charge on any atom is 0.293 e. The van der Waals surface area contributed by atoms with E-state index < -0.39 is 0 Å². The Morgan fingerprint density at radius 2 is 2.19 bits per heavy atom. The molecule has 0 fully saturated rings. The van der Waals surface area contributed by atoms with Gasteiger partial charge in [-0.05, 0) is 37.3 Å². The van der Waals surface area contributed by atoms with E-state index in [1.807, 2.05) is 25.1 Å². The van der Waals surface area contributed by atoms with Crippen LogP contribution in [0.25, 0.3) is 11.3 Å². The van der Waals surface area contributed by atoms with Crippen molar-refractivity contribution < 1.29 is 18.7 Å². The summed E-state index contributed by atoms with van der Waals surface area (Å²) in [5, 5.41) is 3.22. The molecule has 2 aromatic heterocycles. The molecular formula is C18H15N3O4S. The van der Waals surface area contributed by atoms with Crippen LogP contribution < -0.4 is 15.0 Å². The summed E-state index contributed by atoms with van der Waals surface area (Å²) >= 11 is 1.38. The lowest BCUT2D eigenvalue weighted by Gasteiger charge is -2.26. The Morgan fingerprint density at radius 3 is 2.96 bits per heavy atom. The number of fused-ring (bicyclic) bond motifs is 1. The number of aromatic nitrogens is 1. The highest BCUT2D eigenvalue weighted by Crippen LogP contribution is 2.37. The molecule has 3 heterocycles. The second kappa shape index (κ2) is 6.30. The number of thiazole rings is 1. The molecule has 132 valence electrons. The van der Waals surface area contributed by atoms with Gasteiger partial charge in [0.2, 0.25) is 0 Å². The van der Waals surface area contributed by atoms with Crippen LogP contribution in [0, 0.1) is 6.92 Å². The Balaban J connectivity index is 1.64. The lowest BCUT2D eigenvalue weighted by molar-refractivity contribution is -0.120. The van der Waals surface area contributed by atoms with Crippen LogP contribution in [0.4, 0.5) is 10.8 Å². The predicted molar refractivity (Wildman–Crippen MR) is 97.9 cm³/mol. The Labute approximate surface area is 153 Å². The fourth-order valence-corrected chi connectivity index (χ4v) is 3.53. The third-order valence-electron chi connectivity index (χ3n) is 4.08. The average molecular weight is 369 g/mol. The molecule has 1 aromatic carbocycles. The lowest BCUT2D eigenvalue weighted by atomic mass is 10.1. The largest absolute Gasteiger partial charge is 0.482 e. The van der Waals surface area contributed by atoms with Crippen molar-refractivity contribution >= 4 is 34.0 Å². The minimum Gasteiger partial charge on any atom is -0.482 e. The molecule has 0 saturated heterocycles. The molecule has 8 heteroatoms. The molecule has 0 radical (unpaired) electrons. The number of amides is 2. The van der Waals surface area contributed by atoms with Crippen LogP contribution >= 0.6 is 11.3 Å². The molecule has 0 atom stereocenters. The summed E-state index contributed by atoms with van der Waals surface area (Å²) in [4.78, 5) is 31.0. The second-order valence-corrected chi connectivity index (χ2v) is 6.98. The van der Waals surface area contributed by atoms with Gasteiger partial charge in [0.25, 0.3) is 11.8 Å². The Kier molecular flexibility index (Phi) is 3.96. The third-order valence-corrected chi connectivity index (χ3v) is 4.97. The normalized spacial score (nSPS) is 13.3. The van der Waals surface area contributed by atoms with Gasteiger partial charge in [-0.15, -0.1) is 11.3 Å². The number of carbonyl (C=O) groups is 2. The number of anilines is 2. The van der Waals surface area contributed by atoms with Gasteiger partial charge in [-0.25, -0.2) is 4.98 Å². The van der Waals surface area contributed by atoms with Crippen molar-refractivity contribution in [3.8, 4) is 17.0 Å². The molecule has 0 aliphatic carbocycles. The Hall–Kier alpha value is -3.13. The standard InChI is InChI=1S/C18H15N3O4S/c1-10-16(19-18(26-10)20-17(23)14-4-3-7-24-14)11-5-6-13-12(8-11)21(2)15(22)9-25-13/h3-8H,9H2,1-2H3,(H,19,20,23). The third kappa shape index (κ3) is 2.84. The first-order valence-electron chi connectivity index (χ1n) is 7.89. The number of benzene rings is 1. The highest BCUT2D eigenvalue weighted by molar-refractivity contribution is 7.16. The zero-order chi connectivity index (χ0) is 18.3. The number of ether oxygens (including phenoxy) is 1. The van der Waals surface area contributed by atoms with Crippen molar-refractivity contribution in [3.63, 3.8) is 0 Å². The van der Waals surface area contributed by atoms with Crippen molar-refractivity contribution in [2.24, 2.45) is 0 Å². The summed E-state index contributed by atoms with van der Waals surface area (Å²) in [6.07, 6.45) is 1.44. The summed E-state index contributed by atoms with van der Waals surface area (Å²) in [5.74, 6) is 0.441. The van der Waals surface area contributed by atoms with Gasteiger partial charge in [-0.2, -0.15) is 0 Å². The highest BCUT2D eigenvalue weighted by Gasteiger charge is 2.23. The maximum atomic E-state index is 12.1. The molecule has 4 rings (SSSR count). The monoisotopic (exact) mass is 369 g/mol. The molecule has 1 aliphatic rings. The smallest absolute Gasteiger partial charge is 0.293 e. The van der Waals surface area contributed by atoms with Gasteiger partial charge in [0, 0.05) is 17.5 Å². The number of aryl methyl sites for hydroxylation is 1. The average Bonchev–Trinajstić information content (AvgIpc) is 3.28. The molecule has 3 aromatic rings. The topological polar surface area (TPSA) is 84.7 Å². The summed E-state index contributed by atoms with van der Waals surface area (Å²) in [5.41, 5.74) is 2.30. The van der Waals surface area contributed by atoms with Gasteiger partial charge >= 0.3 is 0 Å². The van der Waals surface area contributed by atoms with E-state index in [2.05, 4.69) is 10.3 Å². The summed E-state index contributed by atoms with van der Waals surface area (Å²) in [6, 6.07) is 8.83. The first-order chi connectivity index (χ1) is 12.5. The zero-order valence-corrected chi connectivity index (χ0v) is 14.9. The number of hydrogen-bond donors (Lipinski definition) is 1. The van der Waals surface area contributed by atoms with E-state index in [4.69, 9.17) is 9.15 Å². The van der Waals surface area contributed by atoms with Gasteiger partial charge in [0.1, 0.15) is 5.75 Å². The van der Waals surface area contributed by atoms with E-state index in [9.17, 15) is 9.59 Å². The van der Waals surface area contributed by atoms with E-state index >= 15 is 0 Å². The van der Waals surface area contributed by atoms with Crippen LogP contribution in [0.5, 0.6) is 5.75 Å². The van der Waals surface area contributed by atoms with Crippen LogP contribution in [-0.4, -0.2) is 30.5 Å². The van der Waals surface area contributed by atoms with Gasteiger partial charge < -0.3 is 14.1 Å². The SMILES string of the molecule is Cc1sc(NC(=O)c2ccco2)nc1-c1ccc2c(c1)N(C)C(=O)CO2. The molecule has 2 amide bonds. The van der Waals surface area contributed by atoms with Crippen LogP contribution in [-0.2, 0) is 4.79 Å². The number of carbonyl (C=O) groups excluding carboxylic acids is 2. The minimum atomic E-state index is -0.348. The number of furan rings is 1. The highest BCUT2D eigenvalue weighted by atomic mass is 32.1. The molecule has 26 heavy (non-hydrogen) atoms. The molecule has 0 spiro atoms. The van der Waals surface area contributed by atoms with Crippen molar-refractivity contribution in [1.82, 2.24) is 4.98 Å². The maximum absolute atomic E-state index is 12.1. The van der Waals surface area contributed by atoms with Crippen LogP contribution in [0.1, 0.15) is 15.4 Å². The van der Waals surface area contributed by atoms with Crippen molar-refractivity contribution in [1.29, 1.82) is 0 Å². The van der Waals surface area contributed by atoms with Gasteiger partial charge in [0.05, 0.1) is 17.6 Å². The van der Waals surface area contributed by atoms with E-state index in [1.54, 1.807) is 24.1 Å². The van der Waals surface area contributed by atoms with Gasteiger partial charge in [0.15, 0.2) is 17.5 Å². The number of nitrogens with one attached hydrogen (secondary N) is 1. The molecule has 0 saturated carbocycles. The quantitative estimate of drug-likeness (QED) is 0.766. The first kappa shape index (κ1) is 16.3. The van der Waals surface area contributed by atoms with Crippen molar-refractivity contribution in [3.05, 3.63) is 47.2 Å². The van der Waals surface area contributed by atoms with Crippen LogP contribution in [0.3, 0.4) is 0 Å². The summed E-state index contributed by atoms with van der Waals surface area (Å²) in [6.45, 7) is 1.97. The summed E-state index contributed by atoms with van der Waals surface area (Å²) < 4.78 is 10.5. The molecule has 1 N–H and O–H groups in total. The van der Waals surface area contributed by atoms with Gasteiger partial charge in [-0.1, -0.05) is 0 Å².